The van der Waals surface area contributed by atoms with Gasteiger partial charge in [0.1, 0.15) is 47.0 Å². The molecule has 0 radical (unpaired) electrons. The number of halogens is 1. The van der Waals surface area contributed by atoms with E-state index in [4.69, 9.17) is 41.3 Å². The number of rotatable bonds is 9. The third kappa shape index (κ3) is 10.6. The molecule has 4 unspecified atom stereocenters. The molecule has 2 aromatic carbocycles. The number of carbonyl (C=O) groups is 4. The van der Waals surface area contributed by atoms with E-state index in [0.29, 0.717) is 0 Å². The van der Waals surface area contributed by atoms with Gasteiger partial charge >= 0.3 is 5.69 Å². The Labute approximate surface area is 397 Å². The summed E-state index contributed by atoms with van der Waals surface area (Å²) in [6.07, 6.45) is -6.46. The van der Waals surface area contributed by atoms with Gasteiger partial charge in [-0.2, -0.15) is 4.98 Å². The summed E-state index contributed by atoms with van der Waals surface area (Å²) in [5, 5.41) is 81.1. The van der Waals surface area contributed by atoms with Crippen LogP contribution < -0.4 is 27.6 Å². The standard InChI is InChI=1S/C27H29NO10.C9H13N3O5.C6H10N6O.ClH/c1-10-22(30)14(28)7-17(37-10)38-16-9-27(35,11(2)29)8-13-19(16)26(34)21-20(24(13)32)23(31)12-5-4-6-15(36-3)18(12)25(21)33;10-5-1-2-12(9(16)11-5)8-7(15)6(14)4(3-13)17-8;1-12(2)11-10-6-4(5(7)13)8-3-9-6;/h4-6,10,14,16-17,22,30,32,34-35H,7-9,28H2,1-3H3;1-2,4,6-8,13-15H,3H2,(H2,10,11,16);3H,1-2H3,(H2,7,13)(H,8,9);1H/t10?,14?,16-,17?,22?,27-;4-,6-,7+,8-;;/m01../s1. The average Bonchev–Trinajstić information content (AvgIpc) is 3.88. The molecular weight excluding hydrogens is 936 g/mol. The van der Waals surface area contributed by atoms with E-state index in [-0.39, 0.29) is 70.6 Å². The van der Waals surface area contributed by atoms with Gasteiger partial charge in [0.15, 0.2) is 29.8 Å². The van der Waals surface area contributed by atoms with E-state index in [2.05, 4.69) is 25.3 Å². The van der Waals surface area contributed by atoms with Gasteiger partial charge in [0.25, 0.3) is 5.91 Å². The van der Waals surface area contributed by atoms with Crippen molar-refractivity contribution in [3.05, 3.63) is 86.3 Å². The van der Waals surface area contributed by atoms with E-state index in [1.165, 1.54) is 55.8 Å². The average molecular weight is 989 g/mol. The number of benzene rings is 2. The summed E-state index contributed by atoms with van der Waals surface area (Å²) < 4.78 is 23.3. The molecule has 0 saturated carbocycles. The number of aromatic hydroxyl groups is 2. The number of imidazole rings is 1. The highest BCUT2D eigenvalue weighted by molar-refractivity contribution is 6.31. The van der Waals surface area contributed by atoms with Crippen molar-refractivity contribution in [2.24, 2.45) is 21.8 Å². The normalized spacial score (nSPS) is 26.8. The number of nitrogen functional groups attached to an aromatic ring is 1. The Kier molecular flexibility index (Phi) is 16.6. The minimum absolute atomic E-state index is 0. The molecule has 4 aliphatic rings. The molecule has 1 amide bonds. The second-order valence-corrected chi connectivity index (χ2v) is 16.4. The zero-order chi connectivity index (χ0) is 50.1. The maximum atomic E-state index is 13.6. The Morgan fingerprint density at radius 2 is 1.71 bits per heavy atom. The fourth-order valence-corrected chi connectivity index (χ4v) is 8.06. The molecule has 374 valence electrons. The Morgan fingerprint density at radius 1 is 1.03 bits per heavy atom. The van der Waals surface area contributed by atoms with Crippen LogP contribution in [0.4, 0.5) is 11.6 Å². The molecule has 2 aromatic heterocycles. The summed E-state index contributed by atoms with van der Waals surface area (Å²) in [5.74, 6) is -3.53. The number of hydrogen-bond acceptors (Lipinski definition) is 22. The van der Waals surface area contributed by atoms with E-state index in [1.54, 1.807) is 21.0 Å². The highest BCUT2D eigenvalue weighted by Gasteiger charge is 2.50. The number of nitrogens with one attached hydrogen (secondary N) is 1. The van der Waals surface area contributed by atoms with Crippen molar-refractivity contribution >= 4 is 47.3 Å². The zero-order valence-electron chi connectivity index (χ0n) is 37.6. The van der Waals surface area contributed by atoms with Gasteiger partial charge in [-0.15, -0.1) is 17.5 Å². The Bertz CT molecular complexity index is 2670. The van der Waals surface area contributed by atoms with Gasteiger partial charge < -0.3 is 76.9 Å². The molecule has 4 aromatic rings. The number of primary amides is 1. The highest BCUT2D eigenvalue weighted by Crippen LogP contribution is 2.52. The fraction of sp³-hybridized carbons (Fsp3) is 0.452. The third-order valence-corrected chi connectivity index (χ3v) is 11.6. The summed E-state index contributed by atoms with van der Waals surface area (Å²) in [6, 6.07) is 5.12. The molecule has 2 aliphatic heterocycles. The van der Waals surface area contributed by atoms with Crippen LogP contribution in [0.1, 0.15) is 92.5 Å². The van der Waals surface area contributed by atoms with Crippen LogP contribution in [0, 0.1) is 0 Å². The van der Waals surface area contributed by atoms with Crippen LogP contribution in [-0.4, -0.2) is 160 Å². The predicted octanol–water partition coefficient (Wildman–Crippen LogP) is -1.04. The Hall–Kier alpha value is -6.46. The number of fused-ring (bicyclic) bond motifs is 3. The van der Waals surface area contributed by atoms with Crippen LogP contribution in [-0.2, 0) is 25.4 Å². The lowest BCUT2D eigenvalue weighted by atomic mass is 9.72. The molecule has 2 fully saturated rings. The van der Waals surface area contributed by atoms with Crippen molar-refractivity contribution < 1.29 is 73.9 Å². The van der Waals surface area contributed by atoms with Crippen molar-refractivity contribution in [2.75, 3.05) is 33.5 Å². The molecule has 69 heavy (non-hydrogen) atoms. The Morgan fingerprint density at radius 3 is 2.29 bits per heavy atom. The van der Waals surface area contributed by atoms with E-state index in [0.717, 1.165) is 4.57 Å². The molecule has 27 heteroatoms. The molecule has 4 heterocycles. The van der Waals surface area contributed by atoms with Crippen LogP contribution in [0.2, 0.25) is 0 Å². The molecule has 0 bridgehead atoms. The number of methoxy groups -OCH3 is 1. The second-order valence-electron chi connectivity index (χ2n) is 16.4. The largest absolute Gasteiger partial charge is 0.507 e. The number of phenolic OH excluding ortho intramolecular Hbond substituents is 2. The number of hydrogen-bond donors (Lipinski definition) is 11. The van der Waals surface area contributed by atoms with Crippen molar-refractivity contribution in [1.82, 2.24) is 24.5 Å². The van der Waals surface area contributed by atoms with Gasteiger partial charge in [0.05, 0.1) is 55.0 Å². The highest BCUT2D eigenvalue weighted by atomic mass is 35.5. The van der Waals surface area contributed by atoms with Gasteiger partial charge in [0, 0.05) is 62.3 Å². The summed E-state index contributed by atoms with van der Waals surface area (Å²) in [6.45, 7) is 2.33. The van der Waals surface area contributed by atoms with Gasteiger partial charge in [-0.1, -0.05) is 17.4 Å². The number of aromatic nitrogens is 4. The molecule has 10 atom stereocenters. The predicted molar refractivity (Wildman–Crippen MR) is 239 cm³/mol. The lowest BCUT2D eigenvalue weighted by Gasteiger charge is -2.42. The van der Waals surface area contributed by atoms with Crippen LogP contribution >= 0.6 is 12.4 Å². The number of carbonyl (C=O) groups excluding carboxylic acids is 4. The number of aromatic amines is 1. The number of ketones is 3. The fourth-order valence-electron chi connectivity index (χ4n) is 8.06. The number of H-pyrrole nitrogens is 1. The minimum Gasteiger partial charge on any atom is -0.507 e. The Balaban J connectivity index is 0.000000235. The third-order valence-electron chi connectivity index (χ3n) is 11.6. The van der Waals surface area contributed by atoms with Crippen LogP contribution in [0.5, 0.6) is 17.2 Å². The maximum Gasteiger partial charge on any atom is 0.351 e. The number of anilines is 1. The van der Waals surface area contributed by atoms with Crippen molar-refractivity contribution in [2.45, 2.75) is 93.9 Å². The van der Waals surface area contributed by atoms with E-state index >= 15 is 0 Å². The first-order valence-corrected chi connectivity index (χ1v) is 20.8. The summed E-state index contributed by atoms with van der Waals surface area (Å²) in [7, 11) is 4.76. The number of amides is 1. The lowest BCUT2D eigenvalue weighted by Crippen LogP contribution is -2.52. The molecule has 2 saturated heterocycles. The van der Waals surface area contributed by atoms with Crippen molar-refractivity contribution in [1.29, 1.82) is 0 Å². The summed E-state index contributed by atoms with van der Waals surface area (Å²) >= 11 is 0. The molecule has 0 spiro atoms. The van der Waals surface area contributed by atoms with E-state index in [9.17, 15) is 54.6 Å². The number of ether oxygens (including phenoxy) is 4. The smallest absolute Gasteiger partial charge is 0.351 e. The second kappa shape index (κ2) is 21.5. The molecule has 14 N–H and O–H groups in total. The first-order chi connectivity index (χ1) is 32.0. The van der Waals surface area contributed by atoms with Crippen LogP contribution in [0.15, 0.2) is 51.9 Å². The number of aliphatic hydroxyl groups excluding tert-OH is 4. The summed E-state index contributed by atoms with van der Waals surface area (Å²) in [5.41, 5.74) is 12.8. The topological polar surface area (TPSA) is 416 Å². The minimum atomic E-state index is -2.00. The van der Waals surface area contributed by atoms with Crippen molar-refractivity contribution in [3.8, 4) is 17.2 Å². The molecular formula is C42H53ClN10O16. The van der Waals surface area contributed by atoms with Crippen molar-refractivity contribution in [3.63, 3.8) is 0 Å². The lowest BCUT2D eigenvalue weighted by molar-refractivity contribution is -0.247. The van der Waals surface area contributed by atoms with Gasteiger partial charge in [0.2, 0.25) is 11.6 Å². The van der Waals surface area contributed by atoms with E-state index in [1.807, 2.05) is 0 Å². The van der Waals surface area contributed by atoms with E-state index < -0.39 is 125 Å². The maximum absolute atomic E-state index is 13.6. The molecule has 8 rings (SSSR count). The number of aliphatic hydroxyl groups is 5. The summed E-state index contributed by atoms with van der Waals surface area (Å²) in [4.78, 5) is 71.7. The SMILES string of the molecule is CN(C)N=Nc1nc[nH]c1C(N)=O.COc1cccc2c1C(=O)c1c(O)c3c(c(O)c1C2=O)C[C@@](O)(C(C)=O)C[C@@H]3OC1CC(N)C(O)C(C)O1.Cl.Nc1ccn([C@@H]2O[C@H](CO)[C@@H](O)[C@@H]2O)c(=O)n1. The zero-order valence-corrected chi connectivity index (χ0v) is 38.4. The van der Waals surface area contributed by atoms with Gasteiger partial charge in [-0.05, 0) is 26.0 Å². The first kappa shape index (κ1) is 53.5. The first-order valence-electron chi connectivity index (χ1n) is 20.8. The molecule has 2 aliphatic carbocycles. The van der Waals surface area contributed by atoms with Gasteiger partial charge in [-0.3, -0.25) is 28.8 Å². The molecule has 26 nitrogen and oxygen atoms in total. The number of Topliss-reactive ketones (excluding diaryl/α,β-unsaturated/α-hetero) is 1. The van der Waals surface area contributed by atoms with Crippen LogP contribution in [0.3, 0.4) is 0 Å². The number of nitrogens with two attached hydrogens (primary N) is 3. The number of phenols is 2. The van der Waals surface area contributed by atoms with Gasteiger partial charge in [-0.25, -0.2) is 9.78 Å². The quantitative estimate of drug-likeness (QED) is 0.0477. The monoisotopic (exact) mass is 988 g/mol. The van der Waals surface area contributed by atoms with Crippen LogP contribution in [0.25, 0.3) is 0 Å². The number of nitrogens with zero attached hydrogens (tertiary/aromatic N) is 6.